The molecule has 0 N–H and O–H groups in total. The number of hydrogen-bond donors (Lipinski definition) is 0. The minimum absolute atomic E-state index is 0.653. The topological polar surface area (TPSA) is 0 Å². The van der Waals surface area contributed by atoms with Crippen LogP contribution in [0.15, 0.2) is 36.4 Å². The summed E-state index contributed by atoms with van der Waals surface area (Å²) in [5.41, 5.74) is 5.39. The standard InChI is InChI=1S/C14H10Cl2/c15-13-7-11-5-9-3-1-2-4-10(9)6-12(11)8-14(13)16/h1-4,7-8H,5-6H2. The number of rotatable bonds is 0. The number of fused-ring (bicyclic) bond motifs is 2. The van der Waals surface area contributed by atoms with Crippen LogP contribution in [0.5, 0.6) is 0 Å². The zero-order chi connectivity index (χ0) is 11.1. The van der Waals surface area contributed by atoms with E-state index in [9.17, 15) is 0 Å². The van der Waals surface area contributed by atoms with Gasteiger partial charge in [0.2, 0.25) is 0 Å². The first-order valence-electron chi connectivity index (χ1n) is 5.27. The molecule has 0 atom stereocenters. The molecule has 0 spiro atoms. The molecule has 0 bridgehead atoms. The Balaban J connectivity index is 2.12. The van der Waals surface area contributed by atoms with Crippen molar-refractivity contribution in [3.63, 3.8) is 0 Å². The van der Waals surface area contributed by atoms with Crippen molar-refractivity contribution in [3.8, 4) is 0 Å². The second-order valence-electron chi connectivity index (χ2n) is 4.16. The molecule has 2 aromatic rings. The number of halogens is 2. The molecule has 0 aliphatic heterocycles. The van der Waals surface area contributed by atoms with Crippen LogP contribution in [-0.4, -0.2) is 0 Å². The average Bonchev–Trinajstić information content (AvgIpc) is 2.28. The Morgan fingerprint density at radius 2 is 1.12 bits per heavy atom. The third kappa shape index (κ3) is 1.63. The van der Waals surface area contributed by atoms with Gasteiger partial charge < -0.3 is 0 Å². The quantitative estimate of drug-likeness (QED) is 0.550. The Labute approximate surface area is 105 Å². The first-order valence-corrected chi connectivity index (χ1v) is 6.03. The number of benzene rings is 2. The molecule has 0 nitrogen and oxygen atoms in total. The monoisotopic (exact) mass is 248 g/mol. The van der Waals surface area contributed by atoms with E-state index in [1.165, 1.54) is 22.3 Å². The zero-order valence-electron chi connectivity index (χ0n) is 8.63. The van der Waals surface area contributed by atoms with E-state index < -0.39 is 0 Å². The van der Waals surface area contributed by atoms with Crippen molar-refractivity contribution < 1.29 is 0 Å². The maximum absolute atomic E-state index is 6.04. The molecule has 2 heteroatoms. The minimum atomic E-state index is 0.653. The second kappa shape index (κ2) is 3.80. The largest absolute Gasteiger partial charge is 0.0827 e. The molecule has 0 aromatic heterocycles. The molecule has 0 amide bonds. The summed E-state index contributed by atoms with van der Waals surface area (Å²) in [7, 11) is 0. The Kier molecular flexibility index (Phi) is 2.42. The van der Waals surface area contributed by atoms with Gasteiger partial charge in [0.25, 0.3) is 0 Å². The predicted octanol–water partition coefficient (Wildman–Crippen LogP) is 4.49. The van der Waals surface area contributed by atoms with Crippen LogP contribution < -0.4 is 0 Å². The van der Waals surface area contributed by atoms with Gasteiger partial charge in [-0.3, -0.25) is 0 Å². The molecule has 1 aliphatic rings. The molecule has 80 valence electrons. The summed E-state index contributed by atoms with van der Waals surface area (Å²) in [5.74, 6) is 0. The minimum Gasteiger partial charge on any atom is -0.0827 e. The van der Waals surface area contributed by atoms with E-state index in [0.717, 1.165) is 12.8 Å². The molecule has 0 radical (unpaired) electrons. The Hall–Kier alpha value is -0.980. The van der Waals surface area contributed by atoms with Crippen molar-refractivity contribution in [2.24, 2.45) is 0 Å². The fourth-order valence-electron chi connectivity index (χ4n) is 2.27. The first kappa shape index (κ1) is 10.2. The molecule has 3 rings (SSSR count). The summed E-state index contributed by atoms with van der Waals surface area (Å²) in [6.45, 7) is 0. The summed E-state index contributed by atoms with van der Waals surface area (Å²) in [4.78, 5) is 0. The molecule has 0 fully saturated rings. The van der Waals surface area contributed by atoms with E-state index in [1.54, 1.807) is 0 Å². The molecular weight excluding hydrogens is 239 g/mol. The fourth-order valence-corrected chi connectivity index (χ4v) is 2.64. The highest BCUT2D eigenvalue weighted by molar-refractivity contribution is 6.42. The van der Waals surface area contributed by atoms with E-state index in [4.69, 9.17) is 23.2 Å². The predicted molar refractivity (Wildman–Crippen MR) is 68.5 cm³/mol. The normalized spacial score (nSPS) is 13.1. The van der Waals surface area contributed by atoms with Gasteiger partial charge in [0.05, 0.1) is 10.0 Å². The van der Waals surface area contributed by atoms with Crippen LogP contribution in [0.2, 0.25) is 10.0 Å². The third-order valence-electron chi connectivity index (χ3n) is 3.12. The Bertz CT molecular complexity index is 509. The molecule has 0 heterocycles. The van der Waals surface area contributed by atoms with Crippen LogP contribution in [0.1, 0.15) is 22.3 Å². The van der Waals surface area contributed by atoms with Gasteiger partial charge in [0, 0.05) is 0 Å². The highest BCUT2D eigenvalue weighted by atomic mass is 35.5. The third-order valence-corrected chi connectivity index (χ3v) is 3.84. The maximum Gasteiger partial charge on any atom is 0.0595 e. The molecular formula is C14H10Cl2. The van der Waals surface area contributed by atoms with Crippen molar-refractivity contribution in [2.75, 3.05) is 0 Å². The van der Waals surface area contributed by atoms with Crippen molar-refractivity contribution in [3.05, 3.63) is 68.7 Å². The van der Waals surface area contributed by atoms with Crippen molar-refractivity contribution >= 4 is 23.2 Å². The van der Waals surface area contributed by atoms with E-state index >= 15 is 0 Å². The van der Waals surface area contributed by atoms with Crippen LogP contribution in [-0.2, 0) is 12.8 Å². The van der Waals surface area contributed by atoms with Crippen molar-refractivity contribution in [1.82, 2.24) is 0 Å². The lowest BCUT2D eigenvalue weighted by Gasteiger charge is -2.20. The van der Waals surface area contributed by atoms with Crippen LogP contribution in [0.25, 0.3) is 0 Å². The Morgan fingerprint density at radius 3 is 1.56 bits per heavy atom. The van der Waals surface area contributed by atoms with Crippen molar-refractivity contribution in [1.29, 1.82) is 0 Å². The highest BCUT2D eigenvalue weighted by Crippen LogP contribution is 2.32. The van der Waals surface area contributed by atoms with Crippen LogP contribution in [0, 0.1) is 0 Å². The van der Waals surface area contributed by atoms with E-state index in [-0.39, 0.29) is 0 Å². The smallest absolute Gasteiger partial charge is 0.0595 e. The summed E-state index contributed by atoms with van der Waals surface area (Å²) in [5, 5.41) is 1.31. The van der Waals surface area contributed by atoms with Crippen LogP contribution in [0.4, 0.5) is 0 Å². The highest BCUT2D eigenvalue weighted by Gasteiger charge is 2.16. The lowest BCUT2D eigenvalue weighted by atomic mass is 9.86. The summed E-state index contributed by atoms with van der Waals surface area (Å²) >= 11 is 12.1. The summed E-state index contributed by atoms with van der Waals surface area (Å²) in [6, 6.07) is 12.5. The molecule has 1 aliphatic carbocycles. The van der Waals surface area contributed by atoms with Gasteiger partial charge in [-0.2, -0.15) is 0 Å². The van der Waals surface area contributed by atoms with Crippen molar-refractivity contribution in [2.45, 2.75) is 12.8 Å². The molecule has 0 unspecified atom stereocenters. The van der Waals surface area contributed by atoms with Gasteiger partial charge in [-0.15, -0.1) is 0 Å². The van der Waals surface area contributed by atoms with E-state index in [2.05, 4.69) is 24.3 Å². The lowest BCUT2D eigenvalue weighted by Crippen LogP contribution is -2.07. The van der Waals surface area contributed by atoms with E-state index in [1.807, 2.05) is 12.1 Å². The lowest BCUT2D eigenvalue weighted by molar-refractivity contribution is 1.00. The summed E-state index contributed by atoms with van der Waals surface area (Å²) in [6.07, 6.45) is 1.92. The van der Waals surface area contributed by atoms with E-state index in [0.29, 0.717) is 10.0 Å². The van der Waals surface area contributed by atoms with Gasteiger partial charge in [0.15, 0.2) is 0 Å². The second-order valence-corrected chi connectivity index (χ2v) is 4.97. The SMILES string of the molecule is Clc1cc2c(cc1Cl)Cc1ccccc1C2. The molecule has 0 saturated heterocycles. The van der Waals surface area contributed by atoms with Gasteiger partial charge >= 0.3 is 0 Å². The molecule has 0 saturated carbocycles. The van der Waals surface area contributed by atoms with Gasteiger partial charge in [0.1, 0.15) is 0 Å². The fraction of sp³-hybridized carbons (Fsp3) is 0.143. The molecule has 16 heavy (non-hydrogen) atoms. The van der Waals surface area contributed by atoms with Gasteiger partial charge in [-0.05, 0) is 47.2 Å². The number of hydrogen-bond acceptors (Lipinski definition) is 0. The first-order chi connectivity index (χ1) is 7.74. The van der Waals surface area contributed by atoms with Gasteiger partial charge in [-0.25, -0.2) is 0 Å². The zero-order valence-corrected chi connectivity index (χ0v) is 10.1. The maximum atomic E-state index is 6.04. The Morgan fingerprint density at radius 1 is 0.688 bits per heavy atom. The van der Waals surface area contributed by atoms with Crippen LogP contribution in [0.3, 0.4) is 0 Å². The molecule has 2 aromatic carbocycles. The average molecular weight is 249 g/mol. The van der Waals surface area contributed by atoms with Crippen LogP contribution >= 0.6 is 23.2 Å². The summed E-state index contributed by atoms with van der Waals surface area (Å²) < 4.78 is 0. The van der Waals surface area contributed by atoms with Gasteiger partial charge in [-0.1, -0.05) is 47.5 Å².